The van der Waals surface area contributed by atoms with Crippen molar-refractivity contribution in [1.29, 1.82) is 0 Å². The van der Waals surface area contributed by atoms with Crippen LogP contribution in [0, 0.1) is 0 Å². The van der Waals surface area contributed by atoms with Crippen LogP contribution in [0.5, 0.6) is 0 Å². The molecule has 25 heavy (non-hydrogen) atoms. The summed E-state index contributed by atoms with van der Waals surface area (Å²) in [6, 6.07) is 0.0661. The Labute approximate surface area is 148 Å². The highest BCUT2D eigenvalue weighted by molar-refractivity contribution is 5.76. The molecule has 2 aliphatic heterocycles. The molecule has 2 fully saturated rings. The molecule has 0 bridgehead atoms. The number of carbonyl (C=O) groups is 1. The predicted molar refractivity (Wildman–Crippen MR) is 95.7 cm³/mol. The minimum atomic E-state index is -0.0954. The molecule has 3 heterocycles. The normalized spacial score (nSPS) is 26.6. The number of nitrogens with zero attached hydrogens (tertiary/aromatic N) is 3. The largest absolute Gasteiger partial charge is 0.375 e. The summed E-state index contributed by atoms with van der Waals surface area (Å²) >= 11 is 0. The van der Waals surface area contributed by atoms with E-state index in [1.165, 1.54) is 4.57 Å². The molecule has 2 aliphatic rings. The van der Waals surface area contributed by atoms with E-state index in [1.807, 2.05) is 4.90 Å². The second kappa shape index (κ2) is 7.99. The highest BCUT2D eigenvalue weighted by Crippen LogP contribution is 2.22. The number of aryl methyl sites for hydroxylation is 1. The van der Waals surface area contributed by atoms with Crippen molar-refractivity contribution in [2.45, 2.75) is 63.7 Å². The van der Waals surface area contributed by atoms with Gasteiger partial charge in [0.1, 0.15) is 0 Å². The molecule has 1 N–H and O–H groups in total. The lowest BCUT2D eigenvalue weighted by Gasteiger charge is -2.33. The Hall–Kier alpha value is -1.89. The van der Waals surface area contributed by atoms with E-state index in [9.17, 15) is 9.59 Å². The number of rotatable bonds is 5. The van der Waals surface area contributed by atoms with Crippen LogP contribution in [0.2, 0.25) is 0 Å². The first-order valence-corrected chi connectivity index (χ1v) is 9.24. The molecule has 2 saturated heterocycles. The van der Waals surface area contributed by atoms with E-state index in [4.69, 9.17) is 4.74 Å². The number of ether oxygens (including phenoxy) is 1. The summed E-state index contributed by atoms with van der Waals surface area (Å²) < 4.78 is 7.30. The minimum absolute atomic E-state index is 0.0661. The third kappa shape index (κ3) is 4.60. The molecule has 138 valence electrons. The van der Waals surface area contributed by atoms with Crippen molar-refractivity contribution in [3.05, 3.63) is 22.7 Å². The monoisotopic (exact) mass is 348 g/mol. The maximum absolute atomic E-state index is 12.2. The van der Waals surface area contributed by atoms with Gasteiger partial charge in [0.15, 0.2) is 5.82 Å². The van der Waals surface area contributed by atoms with E-state index in [2.05, 4.69) is 17.2 Å². The van der Waals surface area contributed by atoms with Crippen LogP contribution in [0.15, 0.2) is 17.2 Å². The average Bonchev–Trinajstić information content (AvgIpc) is 3.01. The lowest BCUT2D eigenvalue weighted by atomic mass is 10.0. The van der Waals surface area contributed by atoms with E-state index in [1.54, 1.807) is 19.4 Å². The highest BCUT2D eigenvalue weighted by atomic mass is 16.5. The van der Waals surface area contributed by atoms with Gasteiger partial charge in [0.05, 0.1) is 12.2 Å². The van der Waals surface area contributed by atoms with Gasteiger partial charge in [-0.15, -0.1) is 0 Å². The summed E-state index contributed by atoms with van der Waals surface area (Å²) in [5.41, 5.74) is -0.0954. The van der Waals surface area contributed by atoms with Crippen molar-refractivity contribution in [3.63, 3.8) is 0 Å². The Morgan fingerprint density at radius 3 is 3.00 bits per heavy atom. The number of piperidine rings is 1. The number of amides is 1. The maximum atomic E-state index is 12.2. The zero-order valence-electron chi connectivity index (χ0n) is 15.1. The van der Waals surface area contributed by atoms with Crippen molar-refractivity contribution in [3.8, 4) is 0 Å². The third-order valence-corrected chi connectivity index (χ3v) is 5.10. The van der Waals surface area contributed by atoms with Crippen molar-refractivity contribution in [2.75, 3.05) is 18.0 Å². The van der Waals surface area contributed by atoms with E-state index >= 15 is 0 Å². The number of nitrogens with one attached hydrogen (secondary N) is 1. The zero-order chi connectivity index (χ0) is 17.8. The molecule has 1 amide bonds. The smallest absolute Gasteiger partial charge is 0.293 e. The van der Waals surface area contributed by atoms with Gasteiger partial charge in [-0.25, -0.2) is 4.98 Å². The molecule has 3 atom stereocenters. The van der Waals surface area contributed by atoms with E-state index in [0.29, 0.717) is 24.9 Å². The molecular formula is C18H28N4O3. The molecule has 1 aromatic heterocycles. The maximum Gasteiger partial charge on any atom is 0.293 e. The van der Waals surface area contributed by atoms with E-state index < -0.39 is 0 Å². The molecule has 1 aromatic rings. The number of hydrogen-bond acceptors (Lipinski definition) is 5. The summed E-state index contributed by atoms with van der Waals surface area (Å²) in [5.74, 6) is 0.543. The van der Waals surface area contributed by atoms with Gasteiger partial charge in [-0.05, 0) is 39.0 Å². The molecule has 0 aliphatic carbocycles. The molecular weight excluding hydrogens is 320 g/mol. The van der Waals surface area contributed by atoms with Gasteiger partial charge in [-0.1, -0.05) is 0 Å². The molecule has 7 heteroatoms. The SMILES string of the molecule is C[C@@H]1CC[C@@H](CCC(=O)N[C@@H]2CCCN(c3nccn(C)c3=O)C2)O1. The minimum Gasteiger partial charge on any atom is -0.375 e. The fourth-order valence-corrected chi connectivity index (χ4v) is 3.68. The molecule has 0 saturated carbocycles. The van der Waals surface area contributed by atoms with Crippen LogP contribution in [0.3, 0.4) is 0 Å². The molecule has 0 aromatic carbocycles. The lowest BCUT2D eigenvalue weighted by molar-refractivity contribution is -0.122. The Morgan fingerprint density at radius 2 is 2.24 bits per heavy atom. The van der Waals surface area contributed by atoms with Crippen LogP contribution in [-0.2, 0) is 16.6 Å². The molecule has 0 unspecified atom stereocenters. The summed E-state index contributed by atoms with van der Waals surface area (Å²) in [7, 11) is 1.72. The molecule has 3 rings (SSSR count). The van der Waals surface area contributed by atoms with Gasteiger partial charge >= 0.3 is 0 Å². The Balaban J connectivity index is 1.50. The van der Waals surface area contributed by atoms with Crippen LogP contribution < -0.4 is 15.8 Å². The van der Waals surface area contributed by atoms with Crippen LogP contribution >= 0.6 is 0 Å². The summed E-state index contributed by atoms with van der Waals surface area (Å²) in [4.78, 5) is 30.7. The number of anilines is 1. The van der Waals surface area contributed by atoms with Gasteiger partial charge < -0.3 is 19.5 Å². The Kier molecular flexibility index (Phi) is 5.73. The van der Waals surface area contributed by atoms with Crippen LogP contribution in [0.25, 0.3) is 0 Å². The van der Waals surface area contributed by atoms with Gasteiger partial charge in [0.2, 0.25) is 5.91 Å². The van der Waals surface area contributed by atoms with Crippen LogP contribution in [0.1, 0.15) is 45.4 Å². The van der Waals surface area contributed by atoms with Gasteiger partial charge in [0, 0.05) is 45.0 Å². The third-order valence-electron chi connectivity index (χ3n) is 5.10. The summed E-state index contributed by atoms with van der Waals surface area (Å²) in [6.45, 7) is 3.51. The van der Waals surface area contributed by atoms with E-state index in [0.717, 1.165) is 38.6 Å². The topological polar surface area (TPSA) is 76.5 Å². The predicted octanol–water partition coefficient (Wildman–Crippen LogP) is 1.21. The summed E-state index contributed by atoms with van der Waals surface area (Å²) in [5, 5.41) is 3.12. The average molecular weight is 348 g/mol. The van der Waals surface area contributed by atoms with Crippen LogP contribution in [-0.4, -0.2) is 46.8 Å². The van der Waals surface area contributed by atoms with Gasteiger partial charge in [-0.3, -0.25) is 9.59 Å². The fraction of sp³-hybridized carbons (Fsp3) is 0.722. The zero-order valence-corrected chi connectivity index (χ0v) is 15.1. The van der Waals surface area contributed by atoms with Crippen molar-refractivity contribution < 1.29 is 9.53 Å². The number of carbonyl (C=O) groups excluding carboxylic acids is 1. The van der Waals surface area contributed by atoms with Gasteiger partial charge in [-0.2, -0.15) is 0 Å². The van der Waals surface area contributed by atoms with Crippen molar-refractivity contribution >= 4 is 11.7 Å². The van der Waals surface area contributed by atoms with Crippen LogP contribution in [0.4, 0.5) is 5.82 Å². The fourth-order valence-electron chi connectivity index (χ4n) is 3.68. The summed E-state index contributed by atoms with van der Waals surface area (Å²) in [6.07, 6.45) is 9.13. The van der Waals surface area contributed by atoms with E-state index in [-0.39, 0.29) is 23.6 Å². The van der Waals surface area contributed by atoms with Crippen molar-refractivity contribution in [1.82, 2.24) is 14.9 Å². The lowest BCUT2D eigenvalue weighted by Crippen LogP contribution is -2.49. The first-order chi connectivity index (χ1) is 12.0. The standard InChI is InChI=1S/C18H28N4O3/c1-13-5-6-15(25-13)7-8-16(23)20-14-4-3-10-22(12-14)17-18(24)21(2)11-9-19-17/h9,11,13-15H,3-8,10,12H2,1-2H3,(H,20,23)/t13-,14-,15+/m1/s1. The Bertz CT molecular complexity index is 660. The van der Waals surface area contributed by atoms with Crippen molar-refractivity contribution in [2.24, 2.45) is 7.05 Å². The first kappa shape index (κ1) is 17.9. The first-order valence-electron chi connectivity index (χ1n) is 9.24. The molecule has 0 radical (unpaired) electrons. The quantitative estimate of drug-likeness (QED) is 0.866. The number of aromatic nitrogens is 2. The Morgan fingerprint density at radius 1 is 1.40 bits per heavy atom. The molecule has 0 spiro atoms. The second-order valence-electron chi connectivity index (χ2n) is 7.20. The highest BCUT2D eigenvalue weighted by Gasteiger charge is 2.26. The second-order valence-corrected chi connectivity index (χ2v) is 7.20. The number of hydrogen-bond donors (Lipinski definition) is 1. The van der Waals surface area contributed by atoms with Gasteiger partial charge in [0.25, 0.3) is 5.56 Å². The molecule has 7 nitrogen and oxygen atoms in total.